The molecule has 1 saturated carbocycles. The van der Waals surface area contributed by atoms with E-state index in [9.17, 15) is 4.79 Å². The van der Waals surface area contributed by atoms with E-state index in [1.807, 2.05) is 18.2 Å². The second kappa shape index (κ2) is 5.13. The molecule has 18 heavy (non-hydrogen) atoms. The largest absolute Gasteiger partial charge is 0.490 e. The van der Waals surface area contributed by atoms with Crippen molar-refractivity contribution in [2.24, 2.45) is 11.3 Å². The second-order valence-corrected chi connectivity index (χ2v) is 6.34. The molecule has 0 spiro atoms. The molecule has 0 radical (unpaired) electrons. The first kappa shape index (κ1) is 13.1. The Morgan fingerprint density at radius 2 is 2.11 bits per heavy atom. The quantitative estimate of drug-likeness (QED) is 0.751. The standard InChI is InChI=1S/C16H22O2/c1-12-7-15(10-16(2,3)9-12)18-14-6-4-5-13(8-14)11-17/h4-6,8,11-12,15H,7,9-10H2,1-3H3. The summed E-state index contributed by atoms with van der Waals surface area (Å²) in [5.41, 5.74) is 1.03. The van der Waals surface area contributed by atoms with Crippen molar-refractivity contribution in [3.63, 3.8) is 0 Å². The monoisotopic (exact) mass is 246 g/mol. The topological polar surface area (TPSA) is 26.3 Å². The minimum atomic E-state index is 0.269. The number of ether oxygens (including phenoxy) is 1. The summed E-state index contributed by atoms with van der Waals surface area (Å²) in [7, 11) is 0. The molecule has 1 aliphatic rings. The highest BCUT2D eigenvalue weighted by Crippen LogP contribution is 2.39. The second-order valence-electron chi connectivity index (χ2n) is 6.34. The SMILES string of the molecule is CC1CC(Oc2cccc(C=O)c2)CC(C)(C)C1. The summed E-state index contributed by atoms with van der Waals surface area (Å²) in [6.07, 6.45) is 4.59. The van der Waals surface area contributed by atoms with Crippen molar-refractivity contribution in [2.45, 2.75) is 46.1 Å². The van der Waals surface area contributed by atoms with E-state index in [1.54, 1.807) is 6.07 Å². The molecular weight excluding hydrogens is 224 g/mol. The third-order valence-electron chi connectivity index (χ3n) is 3.64. The summed E-state index contributed by atoms with van der Waals surface area (Å²) in [5, 5.41) is 0. The van der Waals surface area contributed by atoms with Crippen LogP contribution in [0.15, 0.2) is 24.3 Å². The highest BCUT2D eigenvalue weighted by Gasteiger charge is 2.33. The summed E-state index contributed by atoms with van der Waals surface area (Å²) in [6, 6.07) is 7.42. The van der Waals surface area contributed by atoms with Gasteiger partial charge in [0.25, 0.3) is 0 Å². The number of carbonyl (C=O) groups is 1. The maximum atomic E-state index is 10.8. The van der Waals surface area contributed by atoms with E-state index >= 15 is 0 Å². The molecule has 0 aromatic heterocycles. The molecule has 1 fully saturated rings. The third-order valence-corrected chi connectivity index (χ3v) is 3.64. The van der Waals surface area contributed by atoms with E-state index in [1.165, 1.54) is 6.42 Å². The van der Waals surface area contributed by atoms with Crippen LogP contribution < -0.4 is 4.74 Å². The Morgan fingerprint density at radius 1 is 1.33 bits per heavy atom. The summed E-state index contributed by atoms with van der Waals surface area (Å²) < 4.78 is 6.04. The average molecular weight is 246 g/mol. The van der Waals surface area contributed by atoms with Crippen LogP contribution in [0.3, 0.4) is 0 Å². The molecule has 1 aliphatic carbocycles. The van der Waals surface area contributed by atoms with Gasteiger partial charge in [0.15, 0.2) is 0 Å². The van der Waals surface area contributed by atoms with Gasteiger partial charge >= 0.3 is 0 Å². The number of carbonyl (C=O) groups excluding carboxylic acids is 1. The number of hydrogen-bond acceptors (Lipinski definition) is 2. The molecule has 0 amide bonds. The van der Waals surface area contributed by atoms with Gasteiger partial charge in [-0.3, -0.25) is 4.79 Å². The van der Waals surface area contributed by atoms with Crippen LogP contribution in [-0.2, 0) is 0 Å². The van der Waals surface area contributed by atoms with Gasteiger partial charge < -0.3 is 4.74 Å². The molecule has 0 heterocycles. The molecule has 1 aromatic carbocycles. The summed E-state index contributed by atoms with van der Waals surface area (Å²) in [4.78, 5) is 10.8. The van der Waals surface area contributed by atoms with Gasteiger partial charge in [-0.2, -0.15) is 0 Å². The Labute approximate surface area is 109 Å². The van der Waals surface area contributed by atoms with Gasteiger partial charge in [-0.25, -0.2) is 0 Å². The molecule has 2 unspecified atom stereocenters. The first-order valence-electron chi connectivity index (χ1n) is 6.70. The number of rotatable bonds is 3. The molecular formula is C16H22O2. The fourth-order valence-corrected chi connectivity index (χ4v) is 3.20. The lowest BCUT2D eigenvalue weighted by Crippen LogP contribution is -2.34. The lowest BCUT2D eigenvalue weighted by Gasteiger charge is -2.38. The molecule has 0 N–H and O–H groups in total. The highest BCUT2D eigenvalue weighted by atomic mass is 16.5. The van der Waals surface area contributed by atoms with Crippen molar-refractivity contribution in [1.29, 1.82) is 0 Å². The average Bonchev–Trinajstić information content (AvgIpc) is 2.26. The molecule has 1 aromatic rings. The summed E-state index contributed by atoms with van der Waals surface area (Å²) in [5.74, 6) is 1.52. The third kappa shape index (κ3) is 3.34. The maximum Gasteiger partial charge on any atom is 0.150 e. The molecule has 2 heteroatoms. The summed E-state index contributed by atoms with van der Waals surface area (Å²) >= 11 is 0. The van der Waals surface area contributed by atoms with Crippen molar-refractivity contribution in [1.82, 2.24) is 0 Å². The predicted octanol–water partition coefficient (Wildman–Crippen LogP) is 4.09. The minimum Gasteiger partial charge on any atom is -0.490 e. The Hall–Kier alpha value is -1.31. The normalized spacial score (nSPS) is 26.6. The van der Waals surface area contributed by atoms with E-state index in [-0.39, 0.29) is 6.10 Å². The van der Waals surface area contributed by atoms with E-state index in [0.29, 0.717) is 16.9 Å². The Kier molecular flexibility index (Phi) is 3.74. The van der Waals surface area contributed by atoms with Crippen LogP contribution in [0.2, 0.25) is 0 Å². The van der Waals surface area contributed by atoms with Crippen molar-refractivity contribution in [2.75, 3.05) is 0 Å². The number of benzene rings is 1. The van der Waals surface area contributed by atoms with Crippen LogP contribution in [-0.4, -0.2) is 12.4 Å². The fourth-order valence-electron chi connectivity index (χ4n) is 3.20. The van der Waals surface area contributed by atoms with Crippen LogP contribution in [0.1, 0.15) is 50.4 Å². The zero-order valence-electron chi connectivity index (χ0n) is 11.5. The van der Waals surface area contributed by atoms with E-state index in [4.69, 9.17) is 4.74 Å². The molecule has 2 rings (SSSR count). The lowest BCUT2D eigenvalue weighted by atomic mass is 9.71. The smallest absolute Gasteiger partial charge is 0.150 e. The zero-order chi connectivity index (χ0) is 13.2. The van der Waals surface area contributed by atoms with Gasteiger partial charge in [-0.1, -0.05) is 32.9 Å². The molecule has 2 atom stereocenters. The van der Waals surface area contributed by atoms with E-state index in [2.05, 4.69) is 20.8 Å². The highest BCUT2D eigenvalue weighted by molar-refractivity contribution is 5.75. The maximum absolute atomic E-state index is 10.8. The van der Waals surface area contributed by atoms with Gasteiger partial charge in [0.2, 0.25) is 0 Å². The predicted molar refractivity (Wildman–Crippen MR) is 73.0 cm³/mol. The Balaban J connectivity index is 2.06. The van der Waals surface area contributed by atoms with Crippen LogP contribution in [0.4, 0.5) is 0 Å². The van der Waals surface area contributed by atoms with Crippen LogP contribution in [0.25, 0.3) is 0 Å². The van der Waals surface area contributed by atoms with Gasteiger partial charge in [0.1, 0.15) is 12.0 Å². The van der Waals surface area contributed by atoms with E-state index < -0.39 is 0 Å². The Bertz CT molecular complexity index is 423. The molecule has 0 bridgehead atoms. The van der Waals surface area contributed by atoms with Crippen molar-refractivity contribution in [3.8, 4) is 5.75 Å². The van der Waals surface area contributed by atoms with Crippen LogP contribution in [0.5, 0.6) is 5.75 Å². The zero-order valence-corrected chi connectivity index (χ0v) is 11.5. The van der Waals surface area contributed by atoms with Crippen LogP contribution in [0, 0.1) is 11.3 Å². The van der Waals surface area contributed by atoms with Crippen molar-refractivity contribution >= 4 is 6.29 Å². The van der Waals surface area contributed by atoms with Gasteiger partial charge in [0, 0.05) is 5.56 Å². The molecule has 0 aliphatic heterocycles. The van der Waals surface area contributed by atoms with Gasteiger partial charge in [0.05, 0.1) is 6.10 Å². The first-order chi connectivity index (χ1) is 8.48. The minimum absolute atomic E-state index is 0.269. The van der Waals surface area contributed by atoms with Crippen molar-refractivity contribution < 1.29 is 9.53 Å². The van der Waals surface area contributed by atoms with Crippen LogP contribution >= 0.6 is 0 Å². The lowest BCUT2D eigenvalue weighted by molar-refractivity contribution is 0.0562. The number of hydrogen-bond donors (Lipinski definition) is 0. The molecule has 2 nitrogen and oxygen atoms in total. The molecule has 0 saturated heterocycles. The Morgan fingerprint density at radius 3 is 2.78 bits per heavy atom. The summed E-state index contributed by atoms with van der Waals surface area (Å²) in [6.45, 7) is 6.90. The van der Waals surface area contributed by atoms with Gasteiger partial charge in [-0.15, -0.1) is 0 Å². The van der Waals surface area contributed by atoms with Crippen molar-refractivity contribution in [3.05, 3.63) is 29.8 Å². The first-order valence-corrected chi connectivity index (χ1v) is 6.70. The molecule has 98 valence electrons. The van der Waals surface area contributed by atoms with Gasteiger partial charge in [-0.05, 0) is 42.7 Å². The number of aldehydes is 1. The van der Waals surface area contributed by atoms with E-state index in [0.717, 1.165) is 24.9 Å². The fraction of sp³-hybridized carbons (Fsp3) is 0.562.